The molecule has 0 amide bonds. The number of fused-ring (bicyclic) bond motifs is 1. The quantitative estimate of drug-likeness (QED) is 0.681. The molecule has 5 heteroatoms. The van der Waals surface area contributed by atoms with Crippen LogP contribution in [0.3, 0.4) is 0 Å². The van der Waals surface area contributed by atoms with E-state index < -0.39 is 0 Å². The van der Waals surface area contributed by atoms with E-state index in [1.54, 1.807) is 12.3 Å². The van der Waals surface area contributed by atoms with Gasteiger partial charge in [0.05, 0.1) is 0 Å². The number of rotatable bonds is 1. The van der Waals surface area contributed by atoms with Crippen molar-refractivity contribution in [2.45, 2.75) is 0 Å². The lowest BCUT2D eigenvalue weighted by Gasteiger charge is -2.06. The molecule has 1 aromatic carbocycles. The molecule has 3 nitrogen and oxygen atoms in total. The maximum atomic E-state index is 5.92. The van der Waals surface area contributed by atoms with Crippen LogP contribution in [-0.2, 0) is 0 Å². The molecule has 0 atom stereocenters. The number of halogens is 1. The van der Waals surface area contributed by atoms with E-state index in [2.05, 4.69) is 15.2 Å². The second-order valence-electron chi connectivity index (χ2n) is 3.84. The van der Waals surface area contributed by atoms with E-state index in [1.165, 1.54) is 0 Å². The Morgan fingerprint density at radius 1 is 1.17 bits per heavy atom. The largest absolute Gasteiger partial charge is 0.266 e. The van der Waals surface area contributed by atoms with E-state index in [4.69, 9.17) is 23.8 Å². The molecule has 0 aliphatic rings. The van der Waals surface area contributed by atoms with Crippen LogP contribution in [0, 0.1) is 4.64 Å². The zero-order chi connectivity index (χ0) is 12.5. The molecule has 2 aromatic heterocycles. The van der Waals surface area contributed by atoms with Crippen LogP contribution in [-0.4, -0.2) is 15.2 Å². The minimum atomic E-state index is 0.393. The predicted molar refractivity (Wildman–Crippen MR) is 75.2 cm³/mol. The molecule has 0 radical (unpaired) electrons. The molecule has 0 saturated heterocycles. The number of aromatic amines is 1. The Kier molecular flexibility index (Phi) is 2.81. The van der Waals surface area contributed by atoms with Gasteiger partial charge in [0, 0.05) is 23.3 Å². The molecule has 0 bridgehead atoms. The highest BCUT2D eigenvalue weighted by atomic mass is 35.5. The van der Waals surface area contributed by atoms with Gasteiger partial charge in [-0.3, -0.25) is 10.1 Å². The van der Waals surface area contributed by atoms with Gasteiger partial charge in [0.1, 0.15) is 9.79 Å². The fourth-order valence-corrected chi connectivity index (χ4v) is 2.30. The summed E-state index contributed by atoms with van der Waals surface area (Å²) in [5, 5.41) is 9.17. The summed E-state index contributed by atoms with van der Waals surface area (Å²) in [5.41, 5.74) is 1.90. The maximum absolute atomic E-state index is 5.92. The molecule has 88 valence electrons. The minimum absolute atomic E-state index is 0.393. The Bertz CT molecular complexity index is 777. The van der Waals surface area contributed by atoms with Crippen molar-refractivity contribution in [2.24, 2.45) is 0 Å². The standard InChI is InChI=1S/C13H8ClN3S/c14-12-6-11(13(18)17-16-12)10-3-1-2-8-7-15-5-4-9(8)10/h1-7H,(H,17,18). The topological polar surface area (TPSA) is 41.6 Å². The second-order valence-corrected chi connectivity index (χ2v) is 4.63. The van der Waals surface area contributed by atoms with Gasteiger partial charge in [-0.2, -0.15) is 5.10 Å². The highest BCUT2D eigenvalue weighted by Crippen LogP contribution is 2.29. The predicted octanol–water partition coefficient (Wildman–Crippen LogP) is 4.01. The summed E-state index contributed by atoms with van der Waals surface area (Å²) in [5.74, 6) is 0. The molecule has 0 unspecified atom stereocenters. The van der Waals surface area contributed by atoms with Crippen molar-refractivity contribution in [3.8, 4) is 11.1 Å². The molecule has 0 spiro atoms. The van der Waals surface area contributed by atoms with Crippen molar-refractivity contribution in [1.82, 2.24) is 15.2 Å². The van der Waals surface area contributed by atoms with Crippen LogP contribution in [0.5, 0.6) is 0 Å². The van der Waals surface area contributed by atoms with E-state index in [1.807, 2.05) is 30.5 Å². The van der Waals surface area contributed by atoms with Crippen LogP contribution in [0.2, 0.25) is 5.15 Å². The summed E-state index contributed by atoms with van der Waals surface area (Å²) in [6, 6.07) is 9.74. The second kappa shape index (κ2) is 4.48. The van der Waals surface area contributed by atoms with Gasteiger partial charge in [-0.1, -0.05) is 42.0 Å². The molecule has 0 fully saturated rings. The third kappa shape index (κ3) is 1.89. The zero-order valence-electron chi connectivity index (χ0n) is 9.22. The van der Waals surface area contributed by atoms with Gasteiger partial charge in [0.15, 0.2) is 0 Å². The van der Waals surface area contributed by atoms with E-state index in [0.29, 0.717) is 9.79 Å². The fraction of sp³-hybridized carbons (Fsp3) is 0. The lowest BCUT2D eigenvalue weighted by molar-refractivity contribution is 1.02. The van der Waals surface area contributed by atoms with Crippen molar-refractivity contribution in [2.75, 3.05) is 0 Å². The number of pyridine rings is 1. The smallest absolute Gasteiger partial charge is 0.150 e. The first kappa shape index (κ1) is 11.3. The van der Waals surface area contributed by atoms with Crippen LogP contribution in [0.25, 0.3) is 21.9 Å². The van der Waals surface area contributed by atoms with Crippen molar-refractivity contribution >= 4 is 34.6 Å². The fourth-order valence-electron chi connectivity index (χ4n) is 1.94. The Hall–Kier alpha value is -1.78. The molecule has 3 aromatic rings. The van der Waals surface area contributed by atoms with Crippen LogP contribution in [0.1, 0.15) is 0 Å². The SMILES string of the molecule is S=c1[nH]nc(Cl)cc1-c1cccc2cnccc12. The van der Waals surface area contributed by atoms with Crippen molar-refractivity contribution < 1.29 is 0 Å². The van der Waals surface area contributed by atoms with E-state index in [9.17, 15) is 0 Å². The van der Waals surface area contributed by atoms with Crippen LogP contribution in [0.15, 0.2) is 42.7 Å². The monoisotopic (exact) mass is 273 g/mol. The number of H-pyrrole nitrogens is 1. The molecule has 0 aliphatic heterocycles. The molecular weight excluding hydrogens is 266 g/mol. The minimum Gasteiger partial charge on any atom is -0.266 e. The average Bonchev–Trinajstić information content (AvgIpc) is 2.41. The van der Waals surface area contributed by atoms with Gasteiger partial charge in [-0.15, -0.1) is 0 Å². The van der Waals surface area contributed by atoms with Gasteiger partial charge in [-0.05, 0) is 23.1 Å². The van der Waals surface area contributed by atoms with E-state index in [0.717, 1.165) is 21.9 Å². The first-order valence-electron chi connectivity index (χ1n) is 5.34. The average molecular weight is 274 g/mol. The molecule has 1 N–H and O–H groups in total. The lowest BCUT2D eigenvalue weighted by Crippen LogP contribution is -1.89. The summed E-state index contributed by atoms with van der Waals surface area (Å²) < 4.78 is 0.573. The number of benzene rings is 1. The first-order valence-corrected chi connectivity index (χ1v) is 6.12. The summed E-state index contributed by atoms with van der Waals surface area (Å²) in [4.78, 5) is 4.12. The Morgan fingerprint density at radius 2 is 2.06 bits per heavy atom. The first-order chi connectivity index (χ1) is 8.75. The highest BCUT2D eigenvalue weighted by molar-refractivity contribution is 7.71. The van der Waals surface area contributed by atoms with Crippen LogP contribution in [0.4, 0.5) is 0 Å². The number of nitrogens with zero attached hydrogens (tertiary/aromatic N) is 2. The molecule has 3 rings (SSSR count). The number of aromatic nitrogens is 3. The van der Waals surface area contributed by atoms with Gasteiger partial charge in [-0.25, -0.2) is 0 Å². The lowest BCUT2D eigenvalue weighted by atomic mass is 10.0. The maximum Gasteiger partial charge on any atom is 0.150 e. The molecule has 18 heavy (non-hydrogen) atoms. The number of nitrogens with one attached hydrogen (secondary N) is 1. The van der Waals surface area contributed by atoms with Gasteiger partial charge in [0.25, 0.3) is 0 Å². The van der Waals surface area contributed by atoms with Gasteiger partial charge in [0.2, 0.25) is 0 Å². The van der Waals surface area contributed by atoms with Crippen LogP contribution < -0.4 is 0 Å². The normalized spacial score (nSPS) is 10.7. The van der Waals surface area contributed by atoms with Crippen molar-refractivity contribution in [3.63, 3.8) is 0 Å². The van der Waals surface area contributed by atoms with Gasteiger partial charge >= 0.3 is 0 Å². The molecule has 0 aliphatic carbocycles. The Labute approximate surface area is 113 Å². The van der Waals surface area contributed by atoms with E-state index in [-0.39, 0.29) is 0 Å². The Balaban J connectivity index is 2.38. The summed E-state index contributed by atoms with van der Waals surface area (Å²) in [6.45, 7) is 0. The zero-order valence-corrected chi connectivity index (χ0v) is 10.8. The molecule has 2 heterocycles. The molecule has 0 saturated carbocycles. The van der Waals surface area contributed by atoms with Crippen LogP contribution >= 0.6 is 23.8 Å². The third-order valence-corrected chi connectivity index (χ3v) is 3.25. The Morgan fingerprint density at radius 3 is 2.94 bits per heavy atom. The van der Waals surface area contributed by atoms with Crippen molar-refractivity contribution in [3.05, 3.63) is 52.5 Å². The van der Waals surface area contributed by atoms with Gasteiger partial charge < -0.3 is 0 Å². The third-order valence-electron chi connectivity index (χ3n) is 2.74. The van der Waals surface area contributed by atoms with Crippen molar-refractivity contribution in [1.29, 1.82) is 0 Å². The number of hydrogen-bond acceptors (Lipinski definition) is 3. The summed E-state index contributed by atoms with van der Waals surface area (Å²) >= 11 is 11.2. The highest BCUT2D eigenvalue weighted by Gasteiger charge is 2.06. The molecular formula is C13H8ClN3S. The summed E-state index contributed by atoms with van der Waals surface area (Å²) in [7, 11) is 0. The summed E-state index contributed by atoms with van der Waals surface area (Å²) in [6.07, 6.45) is 3.59. The number of hydrogen-bond donors (Lipinski definition) is 1. The van der Waals surface area contributed by atoms with E-state index >= 15 is 0 Å².